The van der Waals surface area contributed by atoms with Crippen LogP contribution < -0.4 is 16.6 Å². The number of aromatic nitrogens is 3. The van der Waals surface area contributed by atoms with Gasteiger partial charge >= 0.3 is 0 Å². The van der Waals surface area contributed by atoms with Gasteiger partial charge in [0.1, 0.15) is 5.82 Å². The Hall–Kier alpha value is -3.40. The number of thioether (sulfide) groups is 1. The van der Waals surface area contributed by atoms with E-state index >= 15 is 0 Å². The van der Waals surface area contributed by atoms with Crippen LogP contribution in [0, 0.1) is 5.82 Å². The molecule has 0 aliphatic rings. The number of carbonyl (C=O) groups is 1. The first-order chi connectivity index (χ1) is 13.1. The summed E-state index contributed by atoms with van der Waals surface area (Å²) in [5, 5.41) is 14.9. The fraction of sp³-hybridized carbons (Fsp3) is 0.0588. The SMILES string of the molecule is Nn1c(N/N=C/c2ccc(F)cc2)nnc1SCC(=O)Nc1ccccc1. The average molecular weight is 385 g/mol. The number of halogens is 1. The number of carbonyl (C=O) groups excluding carboxylic acids is 1. The predicted octanol–water partition coefficient (Wildman–Crippen LogP) is 2.31. The molecule has 1 heterocycles. The molecular weight excluding hydrogens is 369 g/mol. The number of nitrogens with one attached hydrogen (secondary N) is 2. The zero-order chi connectivity index (χ0) is 19.1. The molecule has 138 valence electrons. The molecule has 3 aromatic rings. The maximum atomic E-state index is 12.9. The van der Waals surface area contributed by atoms with E-state index < -0.39 is 0 Å². The molecular formula is C17H16FN7OS. The van der Waals surface area contributed by atoms with Crippen LogP contribution in [0.1, 0.15) is 5.56 Å². The summed E-state index contributed by atoms with van der Waals surface area (Å²) in [6.45, 7) is 0. The van der Waals surface area contributed by atoms with Crippen molar-refractivity contribution in [3.05, 3.63) is 66.0 Å². The number of para-hydroxylation sites is 1. The number of benzene rings is 2. The Morgan fingerprint density at radius 1 is 1.19 bits per heavy atom. The van der Waals surface area contributed by atoms with E-state index in [2.05, 4.69) is 26.0 Å². The summed E-state index contributed by atoms with van der Waals surface area (Å²) in [6, 6.07) is 15.0. The lowest BCUT2D eigenvalue weighted by Gasteiger charge is -2.05. The molecule has 3 rings (SSSR count). The lowest BCUT2D eigenvalue weighted by molar-refractivity contribution is -0.113. The lowest BCUT2D eigenvalue weighted by atomic mass is 10.2. The monoisotopic (exact) mass is 385 g/mol. The second kappa shape index (κ2) is 8.81. The Morgan fingerprint density at radius 2 is 1.93 bits per heavy atom. The van der Waals surface area contributed by atoms with Crippen molar-refractivity contribution < 1.29 is 9.18 Å². The van der Waals surface area contributed by atoms with E-state index in [0.717, 1.165) is 17.4 Å². The molecule has 0 bridgehead atoms. The van der Waals surface area contributed by atoms with Gasteiger partial charge in [-0.1, -0.05) is 42.1 Å². The van der Waals surface area contributed by atoms with E-state index in [-0.39, 0.29) is 23.4 Å². The molecule has 0 fully saturated rings. The summed E-state index contributed by atoms with van der Waals surface area (Å²) in [7, 11) is 0. The van der Waals surface area contributed by atoms with Crippen molar-refractivity contribution in [2.24, 2.45) is 5.10 Å². The Balaban J connectivity index is 1.52. The molecule has 0 aliphatic heterocycles. The highest BCUT2D eigenvalue weighted by atomic mass is 32.2. The number of anilines is 2. The second-order valence-corrected chi connectivity index (χ2v) is 6.24. The Bertz CT molecular complexity index is 928. The average Bonchev–Trinajstić information content (AvgIpc) is 3.02. The molecule has 8 nitrogen and oxygen atoms in total. The number of nitrogen functional groups attached to an aromatic ring is 1. The van der Waals surface area contributed by atoms with Crippen molar-refractivity contribution in [2.45, 2.75) is 5.16 Å². The fourth-order valence-electron chi connectivity index (χ4n) is 2.01. The maximum Gasteiger partial charge on any atom is 0.264 e. The van der Waals surface area contributed by atoms with Gasteiger partial charge in [0.2, 0.25) is 11.1 Å². The molecule has 4 N–H and O–H groups in total. The van der Waals surface area contributed by atoms with E-state index in [1.54, 1.807) is 24.3 Å². The highest BCUT2D eigenvalue weighted by molar-refractivity contribution is 7.99. The third-order valence-corrected chi connectivity index (χ3v) is 4.25. The van der Waals surface area contributed by atoms with Gasteiger partial charge in [0.15, 0.2) is 0 Å². The predicted molar refractivity (Wildman–Crippen MR) is 104 cm³/mol. The van der Waals surface area contributed by atoms with Gasteiger partial charge in [-0.3, -0.25) is 4.79 Å². The molecule has 0 radical (unpaired) electrons. The fourth-order valence-corrected chi connectivity index (χ4v) is 2.67. The molecule has 27 heavy (non-hydrogen) atoms. The zero-order valence-corrected chi connectivity index (χ0v) is 14.9. The van der Waals surface area contributed by atoms with Gasteiger partial charge in [0.25, 0.3) is 5.95 Å². The van der Waals surface area contributed by atoms with Crippen LogP contribution in [0.15, 0.2) is 64.9 Å². The molecule has 10 heteroatoms. The highest BCUT2D eigenvalue weighted by Crippen LogP contribution is 2.17. The minimum atomic E-state index is -0.320. The van der Waals surface area contributed by atoms with Crippen LogP contribution in [0.5, 0.6) is 0 Å². The van der Waals surface area contributed by atoms with Gasteiger partial charge in [-0.15, -0.1) is 10.2 Å². The van der Waals surface area contributed by atoms with Gasteiger partial charge in [-0.25, -0.2) is 14.5 Å². The number of hydrogen-bond acceptors (Lipinski definition) is 7. The van der Waals surface area contributed by atoms with E-state index in [1.165, 1.54) is 23.0 Å². The van der Waals surface area contributed by atoms with Crippen molar-refractivity contribution in [3.8, 4) is 0 Å². The first kappa shape index (κ1) is 18.4. The van der Waals surface area contributed by atoms with Crippen molar-refractivity contribution >= 4 is 35.5 Å². The largest absolute Gasteiger partial charge is 0.334 e. The molecule has 1 aromatic heterocycles. The summed E-state index contributed by atoms with van der Waals surface area (Å²) in [5.74, 6) is 5.73. The smallest absolute Gasteiger partial charge is 0.264 e. The van der Waals surface area contributed by atoms with Gasteiger partial charge in [-0.05, 0) is 29.8 Å². The van der Waals surface area contributed by atoms with Crippen LogP contribution in [-0.4, -0.2) is 32.7 Å². The number of hydrogen-bond donors (Lipinski definition) is 3. The quantitative estimate of drug-likeness (QED) is 0.249. The summed E-state index contributed by atoms with van der Waals surface area (Å²) in [5.41, 5.74) is 4.08. The van der Waals surface area contributed by atoms with Crippen molar-refractivity contribution in [1.29, 1.82) is 0 Å². The standard InChI is InChI=1S/C17H16FN7OS/c18-13-8-6-12(7-9-13)10-20-22-16-23-24-17(25(16)19)27-11-15(26)21-14-4-2-1-3-5-14/h1-10H,11,19H2,(H,21,26)(H,22,23)/b20-10+. The van der Waals surface area contributed by atoms with E-state index in [1.807, 2.05) is 18.2 Å². The maximum absolute atomic E-state index is 12.9. The summed E-state index contributed by atoms with van der Waals surface area (Å²) in [4.78, 5) is 12.0. The van der Waals surface area contributed by atoms with Crippen LogP contribution in [0.25, 0.3) is 0 Å². The molecule has 0 spiro atoms. The number of hydrazone groups is 1. The first-order valence-electron chi connectivity index (χ1n) is 7.84. The lowest BCUT2D eigenvalue weighted by Crippen LogP contribution is -2.16. The molecule has 0 saturated carbocycles. The van der Waals surface area contributed by atoms with Gasteiger partial charge in [0, 0.05) is 5.69 Å². The first-order valence-corrected chi connectivity index (χ1v) is 8.83. The number of nitrogens with zero attached hydrogens (tertiary/aromatic N) is 4. The molecule has 0 saturated heterocycles. The molecule has 0 aliphatic carbocycles. The van der Waals surface area contributed by atoms with Crippen LogP contribution in [0.3, 0.4) is 0 Å². The summed E-state index contributed by atoms with van der Waals surface area (Å²) in [6.07, 6.45) is 1.49. The minimum absolute atomic E-state index is 0.128. The Labute approximate surface area is 158 Å². The van der Waals surface area contributed by atoms with Gasteiger partial charge in [-0.2, -0.15) is 5.10 Å². The number of rotatable bonds is 7. The van der Waals surface area contributed by atoms with Gasteiger partial charge in [0.05, 0.1) is 12.0 Å². The second-order valence-electron chi connectivity index (χ2n) is 5.30. The Kier molecular flexibility index (Phi) is 6.00. The zero-order valence-electron chi connectivity index (χ0n) is 14.0. The van der Waals surface area contributed by atoms with E-state index in [0.29, 0.717) is 10.7 Å². The molecule has 0 atom stereocenters. The minimum Gasteiger partial charge on any atom is -0.334 e. The van der Waals surface area contributed by atoms with Crippen LogP contribution >= 0.6 is 11.8 Å². The third kappa shape index (κ3) is 5.28. The number of nitrogens with two attached hydrogens (primary N) is 1. The van der Waals surface area contributed by atoms with Crippen molar-refractivity contribution in [1.82, 2.24) is 14.9 Å². The summed E-state index contributed by atoms with van der Waals surface area (Å²) < 4.78 is 14.0. The number of amides is 1. The normalized spacial score (nSPS) is 10.9. The molecule has 0 unspecified atom stereocenters. The van der Waals surface area contributed by atoms with Crippen LogP contribution in [-0.2, 0) is 4.79 Å². The van der Waals surface area contributed by atoms with Crippen LogP contribution in [0.2, 0.25) is 0 Å². The molecule has 1 amide bonds. The van der Waals surface area contributed by atoms with Crippen molar-refractivity contribution in [3.63, 3.8) is 0 Å². The van der Waals surface area contributed by atoms with E-state index in [9.17, 15) is 9.18 Å². The van der Waals surface area contributed by atoms with Crippen molar-refractivity contribution in [2.75, 3.05) is 22.3 Å². The Morgan fingerprint density at radius 3 is 2.67 bits per heavy atom. The summed E-state index contributed by atoms with van der Waals surface area (Å²) >= 11 is 1.15. The van der Waals surface area contributed by atoms with Gasteiger partial charge < -0.3 is 11.2 Å². The third-order valence-electron chi connectivity index (χ3n) is 3.30. The molecule has 2 aromatic carbocycles. The highest BCUT2D eigenvalue weighted by Gasteiger charge is 2.12. The van der Waals surface area contributed by atoms with E-state index in [4.69, 9.17) is 5.84 Å². The van der Waals surface area contributed by atoms with Crippen LogP contribution in [0.4, 0.5) is 16.0 Å². The topological polar surface area (TPSA) is 110 Å².